The van der Waals surface area contributed by atoms with Crippen LogP contribution in [0.5, 0.6) is 5.75 Å². The zero-order valence-corrected chi connectivity index (χ0v) is 13.0. The van der Waals surface area contributed by atoms with Gasteiger partial charge in [-0.1, -0.05) is 6.07 Å². The Bertz CT molecular complexity index is 574. The molecule has 0 bridgehead atoms. The van der Waals surface area contributed by atoms with E-state index in [0.717, 1.165) is 5.75 Å². The third-order valence-electron chi connectivity index (χ3n) is 3.55. The van der Waals surface area contributed by atoms with Crippen molar-refractivity contribution in [3.8, 4) is 5.75 Å². The summed E-state index contributed by atoms with van der Waals surface area (Å²) in [6.45, 7) is 6.40. The van der Waals surface area contributed by atoms with Crippen LogP contribution in [-0.2, 0) is 0 Å². The van der Waals surface area contributed by atoms with E-state index >= 15 is 0 Å². The molecule has 19 heavy (non-hydrogen) atoms. The van der Waals surface area contributed by atoms with Crippen molar-refractivity contribution < 1.29 is 4.74 Å². The molecule has 0 aliphatic rings. The van der Waals surface area contributed by atoms with E-state index in [1.807, 2.05) is 18.4 Å². The number of aryl methyl sites for hydroxylation is 3. The SMILES string of the molecule is CNC(c1cc(C)c(OC)cc1C)c1sccc1C. The summed E-state index contributed by atoms with van der Waals surface area (Å²) in [5.74, 6) is 0.957. The maximum absolute atomic E-state index is 5.39. The molecule has 2 nitrogen and oxygen atoms in total. The summed E-state index contributed by atoms with van der Waals surface area (Å²) in [5, 5.41) is 5.59. The van der Waals surface area contributed by atoms with Crippen LogP contribution in [0.15, 0.2) is 23.6 Å². The average Bonchev–Trinajstić information content (AvgIpc) is 2.80. The van der Waals surface area contributed by atoms with E-state index in [-0.39, 0.29) is 6.04 Å². The molecule has 1 heterocycles. The molecule has 2 rings (SSSR count). The molecule has 0 amide bonds. The number of ether oxygens (including phenoxy) is 1. The molecular formula is C16H21NOS. The largest absolute Gasteiger partial charge is 0.496 e. The van der Waals surface area contributed by atoms with Crippen LogP contribution in [0.3, 0.4) is 0 Å². The van der Waals surface area contributed by atoms with E-state index in [0.29, 0.717) is 0 Å². The second-order valence-electron chi connectivity index (χ2n) is 4.87. The van der Waals surface area contributed by atoms with Crippen LogP contribution in [0.2, 0.25) is 0 Å². The summed E-state index contributed by atoms with van der Waals surface area (Å²) >= 11 is 1.81. The van der Waals surface area contributed by atoms with Gasteiger partial charge in [0.2, 0.25) is 0 Å². The van der Waals surface area contributed by atoms with Gasteiger partial charge in [0.05, 0.1) is 13.2 Å². The fourth-order valence-corrected chi connectivity index (χ4v) is 3.50. The number of hydrogen-bond acceptors (Lipinski definition) is 3. The van der Waals surface area contributed by atoms with Crippen molar-refractivity contribution in [2.24, 2.45) is 0 Å². The van der Waals surface area contributed by atoms with Crippen molar-refractivity contribution in [3.63, 3.8) is 0 Å². The fraction of sp³-hybridized carbons (Fsp3) is 0.375. The molecule has 1 aromatic heterocycles. The van der Waals surface area contributed by atoms with E-state index in [1.165, 1.54) is 27.1 Å². The van der Waals surface area contributed by atoms with Gasteiger partial charge < -0.3 is 10.1 Å². The first kappa shape index (κ1) is 14.1. The second-order valence-corrected chi connectivity index (χ2v) is 5.82. The highest BCUT2D eigenvalue weighted by molar-refractivity contribution is 7.10. The fourth-order valence-electron chi connectivity index (χ4n) is 2.45. The van der Waals surface area contributed by atoms with Crippen LogP contribution < -0.4 is 10.1 Å². The highest BCUT2D eigenvalue weighted by Crippen LogP contribution is 2.33. The lowest BCUT2D eigenvalue weighted by Crippen LogP contribution is -2.18. The van der Waals surface area contributed by atoms with E-state index in [9.17, 15) is 0 Å². The lowest BCUT2D eigenvalue weighted by molar-refractivity contribution is 0.411. The van der Waals surface area contributed by atoms with Gasteiger partial charge in [-0.3, -0.25) is 0 Å². The number of hydrogen-bond donors (Lipinski definition) is 1. The molecule has 0 saturated carbocycles. The monoisotopic (exact) mass is 275 g/mol. The van der Waals surface area contributed by atoms with Gasteiger partial charge in [-0.25, -0.2) is 0 Å². The number of methoxy groups -OCH3 is 1. The van der Waals surface area contributed by atoms with Crippen molar-refractivity contribution in [1.82, 2.24) is 5.32 Å². The maximum atomic E-state index is 5.39. The van der Waals surface area contributed by atoms with E-state index in [1.54, 1.807) is 7.11 Å². The Morgan fingerprint density at radius 3 is 2.37 bits per heavy atom. The standard InChI is InChI=1S/C16H21NOS/c1-10-6-7-19-16(10)15(17-4)13-8-12(3)14(18-5)9-11(13)2/h6-9,15,17H,1-5H3. The van der Waals surface area contributed by atoms with Gasteiger partial charge >= 0.3 is 0 Å². The molecular weight excluding hydrogens is 254 g/mol. The molecule has 0 radical (unpaired) electrons. The molecule has 102 valence electrons. The minimum Gasteiger partial charge on any atom is -0.496 e. The Morgan fingerprint density at radius 1 is 1.11 bits per heavy atom. The topological polar surface area (TPSA) is 21.3 Å². The van der Waals surface area contributed by atoms with Crippen LogP contribution in [-0.4, -0.2) is 14.2 Å². The Morgan fingerprint density at radius 2 is 1.84 bits per heavy atom. The molecule has 1 aromatic carbocycles. The zero-order chi connectivity index (χ0) is 14.0. The summed E-state index contributed by atoms with van der Waals surface area (Å²) in [5.41, 5.74) is 5.11. The summed E-state index contributed by atoms with van der Waals surface area (Å²) in [4.78, 5) is 1.38. The quantitative estimate of drug-likeness (QED) is 0.911. The van der Waals surface area contributed by atoms with E-state index in [2.05, 4.69) is 49.7 Å². The molecule has 3 heteroatoms. The summed E-state index contributed by atoms with van der Waals surface area (Å²) in [6, 6.07) is 6.78. The minimum atomic E-state index is 0.254. The van der Waals surface area contributed by atoms with E-state index in [4.69, 9.17) is 4.74 Å². The van der Waals surface area contributed by atoms with Gasteiger partial charge in [0, 0.05) is 4.88 Å². The van der Waals surface area contributed by atoms with Gasteiger partial charge in [0.25, 0.3) is 0 Å². The Kier molecular flexibility index (Phi) is 4.27. The number of rotatable bonds is 4. The van der Waals surface area contributed by atoms with Crippen LogP contribution in [0.25, 0.3) is 0 Å². The summed E-state index contributed by atoms with van der Waals surface area (Å²) in [6.07, 6.45) is 0. The van der Waals surface area contributed by atoms with Gasteiger partial charge in [0.1, 0.15) is 5.75 Å². The molecule has 0 aliphatic heterocycles. The molecule has 0 saturated heterocycles. The highest BCUT2D eigenvalue weighted by Gasteiger charge is 2.18. The Labute approximate surface area is 119 Å². The normalized spacial score (nSPS) is 12.5. The van der Waals surface area contributed by atoms with Gasteiger partial charge in [-0.05, 0) is 67.6 Å². The smallest absolute Gasteiger partial charge is 0.122 e. The Balaban J connectivity index is 2.50. The third kappa shape index (κ3) is 2.67. The average molecular weight is 275 g/mol. The number of thiophene rings is 1. The van der Waals surface area contributed by atoms with Crippen molar-refractivity contribution in [3.05, 3.63) is 50.7 Å². The first-order valence-electron chi connectivity index (χ1n) is 6.44. The predicted octanol–water partition coefficient (Wildman–Crippen LogP) is 3.99. The Hall–Kier alpha value is -1.32. The molecule has 1 atom stereocenters. The predicted molar refractivity (Wildman–Crippen MR) is 82.4 cm³/mol. The third-order valence-corrected chi connectivity index (χ3v) is 4.63. The van der Waals surface area contributed by atoms with Crippen molar-refractivity contribution in [1.29, 1.82) is 0 Å². The highest BCUT2D eigenvalue weighted by atomic mass is 32.1. The molecule has 1 unspecified atom stereocenters. The van der Waals surface area contributed by atoms with E-state index < -0.39 is 0 Å². The molecule has 1 N–H and O–H groups in total. The van der Waals surface area contributed by atoms with Gasteiger partial charge in [-0.15, -0.1) is 11.3 Å². The number of benzene rings is 1. The molecule has 2 aromatic rings. The van der Waals surface area contributed by atoms with Crippen LogP contribution in [0, 0.1) is 20.8 Å². The first-order valence-corrected chi connectivity index (χ1v) is 7.32. The molecule has 0 spiro atoms. The van der Waals surface area contributed by atoms with Crippen LogP contribution >= 0.6 is 11.3 Å². The lowest BCUT2D eigenvalue weighted by atomic mass is 9.96. The molecule has 0 aliphatic carbocycles. The maximum Gasteiger partial charge on any atom is 0.122 e. The lowest BCUT2D eigenvalue weighted by Gasteiger charge is -2.20. The zero-order valence-electron chi connectivity index (χ0n) is 12.2. The van der Waals surface area contributed by atoms with Crippen LogP contribution in [0.1, 0.15) is 33.2 Å². The van der Waals surface area contributed by atoms with Crippen molar-refractivity contribution in [2.45, 2.75) is 26.8 Å². The molecule has 0 fully saturated rings. The van der Waals surface area contributed by atoms with Crippen molar-refractivity contribution >= 4 is 11.3 Å². The summed E-state index contributed by atoms with van der Waals surface area (Å²) < 4.78 is 5.39. The van der Waals surface area contributed by atoms with Crippen LogP contribution in [0.4, 0.5) is 0 Å². The second kappa shape index (κ2) is 5.76. The van der Waals surface area contributed by atoms with Crippen molar-refractivity contribution in [2.75, 3.05) is 14.2 Å². The first-order chi connectivity index (χ1) is 9.08. The summed E-state index contributed by atoms with van der Waals surface area (Å²) in [7, 11) is 3.74. The van der Waals surface area contributed by atoms with Gasteiger partial charge in [0.15, 0.2) is 0 Å². The minimum absolute atomic E-state index is 0.254. The number of nitrogens with one attached hydrogen (secondary N) is 1. The van der Waals surface area contributed by atoms with Gasteiger partial charge in [-0.2, -0.15) is 0 Å².